The molecule has 1 aromatic carbocycles. The number of nitrogens with two attached hydrogens (primary N) is 1. The predicted molar refractivity (Wildman–Crippen MR) is 107 cm³/mol. The predicted octanol–water partition coefficient (Wildman–Crippen LogP) is 2.09. The molecule has 0 fully saturated rings. The zero-order valence-corrected chi connectivity index (χ0v) is 15.2. The summed E-state index contributed by atoms with van der Waals surface area (Å²) < 4.78 is 0. The Hall–Kier alpha value is -3.58. The molecular formula is C21H21N5O2. The van der Waals surface area contributed by atoms with Crippen molar-refractivity contribution in [2.75, 3.05) is 11.9 Å². The molecule has 7 nitrogen and oxygen atoms in total. The molecule has 0 saturated carbocycles. The number of nitrogens with zero attached hydrogens (tertiary/aromatic N) is 2. The quantitative estimate of drug-likeness (QED) is 0.586. The van der Waals surface area contributed by atoms with E-state index >= 15 is 0 Å². The molecule has 0 aliphatic carbocycles. The highest BCUT2D eigenvalue weighted by Crippen LogP contribution is 2.13. The van der Waals surface area contributed by atoms with Crippen LogP contribution in [0.3, 0.4) is 0 Å². The number of hydrogen-bond acceptors (Lipinski definition) is 5. The van der Waals surface area contributed by atoms with Crippen molar-refractivity contribution in [2.45, 2.75) is 12.5 Å². The Labute approximate surface area is 163 Å². The maximum atomic E-state index is 12.3. The van der Waals surface area contributed by atoms with Gasteiger partial charge in [0.05, 0.1) is 6.42 Å². The van der Waals surface area contributed by atoms with Gasteiger partial charge < -0.3 is 16.4 Å². The Kier molecular flexibility index (Phi) is 6.43. The summed E-state index contributed by atoms with van der Waals surface area (Å²) in [4.78, 5) is 32.1. The number of carbonyl (C=O) groups is 2. The third kappa shape index (κ3) is 5.46. The van der Waals surface area contributed by atoms with E-state index in [0.29, 0.717) is 17.8 Å². The van der Waals surface area contributed by atoms with Crippen LogP contribution in [0.25, 0.3) is 0 Å². The number of hydrogen-bond donors (Lipinski definition) is 3. The van der Waals surface area contributed by atoms with Crippen LogP contribution in [0.2, 0.25) is 0 Å². The van der Waals surface area contributed by atoms with Crippen molar-refractivity contribution in [2.24, 2.45) is 5.73 Å². The Morgan fingerprint density at radius 1 is 0.893 bits per heavy atom. The number of aromatic nitrogens is 2. The van der Waals surface area contributed by atoms with Crippen LogP contribution >= 0.6 is 0 Å². The molecule has 4 N–H and O–H groups in total. The van der Waals surface area contributed by atoms with E-state index < -0.39 is 0 Å². The molecule has 0 radical (unpaired) electrons. The normalized spacial score (nSPS) is 11.5. The number of benzene rings is 1. The van der Waals surface area contributed by atoms with E-state index in [9.17, 15) is 9.59 Å². The van der Waals surface area contributed by atoms with Crippen LogP contribution in [-0.4, -0.2) is 28.3 Å². The number of rotatable bonds is 7. The molecule has 3 rings (SSSR count). The van der Waals surface area contributed by atoms with Crippen LogP contribution in [0, 0.1) is 0 Å². The molecule has 7 heteroatoms. The molecule has 2 amide bonds. The van der Waals surface area contributed by atoms with Gasteiger partial charge in [-0.25, -0.2) is 0 Å². The van der Waals surface area contributed by atoms with Gasteiger partial charge in [0.15, 0.2) is 0 Å². The van der Waals surface area contributed by atoms with Crippen LogP contribution < -0.4 is 16.4 Å². The number of nitrogens with one attached hydrogen (secondary N) is 2. The molecule has 142 valence electrons. The van der Waals surface area contributed by atoms with Crippen LogP contribution in [-0.2, 0) is 11.2 Å². The third-order valence-electron chi connectivity index (χ3n) is 4.17. The van der Waals surface area contributed by atoms with E-state index in [1.807, 2.05) is 0 Å². The van der Waals surface area contributed by atoms with Gasteiger partial charge in [-0.05, 0) is 47.5 Å². The first-order chi connectivity index (χ1) is 13.6. The van der Waals surface area contributed by atoms with Gasteiger partial charge >= 0.3 is 0 Å². The minimum absolute atomic E-state index is 0.102. The highest BCUT2D eigenvalue weighted by Gasteiger charge is 2.11. The highest BCUT2D eigenvalue weighted by molar-refractivity contribution is 6.04. The zero-order chi connectivity index (χ0) is 19.8. The lowest BCUT2D eigenvalue weighted by Crippen LogP contribution is -2.32. The van der Waals surface area contributed by atoms with Crippen molar-refractivity contribution >= 4 is 17.5 Å². The molecule has 0 saturated heterocycles. The molecule has 0 spiro atoms. The fraction of sp³-hybridized carbons (Fsp3) is 0.143. The van der Waals surface area contributed by atoms with E-state index in [4.69, 9.17) is 5.73 Å². The molecule has 28 heavy (non-hydrogen) atoms. The summed E-state index contributed by atoms with van der Waals surface area (Å²) >= 11 is 0. The number of pyridine rings is 2. The van der Waals surface area contributed by atoms with Crippen LogP contribution in [0.1, 0.15) is 27.5 Å². The van der Waals surface area contributed by atoms with Gasteiger partial charge in [-0.15, -0.1) is 0 Å². The summed E-state index contributed by atoms with van der Waals surface area (Å²) in [6, 6.07) is 13.7. The van der Waals surface area contributed by atoms with E-state index in [1.54, 1.807) is 73.3 Å². The molecule has 3 aromatic rings. The molecule has 2 heterocycles. The lowest BCUT2D eigenvalue weighted by Gasteiger charge is -2.14. The van der Waals surface area contributed by atoms with Crippen molar-refractivity contribution in [3.05, 3.63) is 90.0 Å². The molecule has 0 bridgehead atoms. The first-order valence-corrected chi connectivity index (χ1v) is 8.84. The second kappa shape index (κ2) is 9.38. The summed E-state index contributed by atoms with van der Waals surface area (Å²) in [6.07, 6.45) is 6.81. The summed E-state index contributed by atoms with van der Waals surface area (Å²) in [5.74, 6) is -0.313. The minimum Gasteiger partial charge on any atom is -0.354 e. The zero-order valence-electron chi connectivity index (χ0n) is 15.2. The van der Waals surface area contributed by atoms with Crippen LogP contribution in [0.5, 0.6) is 0 Å². The van der Waals surface area contributed by atoms with Gasteiger partial charge in [0, 0.05) is 48.6 Å². The first-order valence-electron chi connectivity index (χ1n) is 8.84. The van der Waals surface area contributed by atoms with Gasteiger partial charge in [0.2, 0.25) is 5.91 Å². The van der Waals surface area contributed by atoms with Gasteiger partial charge in [-0.3, -0.25) is 19.6 Å². The fourth-order valence-electron chi connectivity index (χ4n) is 2.61. The second-order valence-electron chi connectivity index (χ2n) is 6.25. The standard InChI is InChI=1S/C21H21N5O2/c22-19(14-25-20(27)13-15-5-9-23-10-6-15)16-1-3-17(4-2-16)21(28)26-18-7-11-24-12-8-18/h1-12,19H,13-14,22H2,(H,25,27)(H,24,26,28). The van der Waals surface area contributed by atoms with Crippen molar-refractivity contribution in [1.29, 1.82) is 0 Å². The van der Waals surface area contributed by atoms with Gasteiger partial charge in [0.1, 0.15) is 0 Å². The number of carbonyl (C=O) groups excluding carboxylic acids is 2. The summed E-state index contributed by atoms with van der Waals surface area (Å²) in [7, 11) is 0. The SMILES string of the molecule is NC(CNC(=O)Cc1ccncc1)c1ccc(C(=O)Nc2ccncc2)cc1. The Morgan fingerprint density at radius 2 is 1.50 bits per heavy atom. The monoisotopic (exact) mass is 375 g/mol. The van der Waals surface area contributed by atoms with Crippen molar-refractivity contribution in [3.8, 4) is 0 Å². The largest absolute Gasteiger partial charge is 0.354 e. The van der Waals surface area contributed by atoms with E-state index in [1.165, 1.54) is 0 Å². The Balaban J connectivity index is 1.51. The second-order valence-corrected chi connectivity index (χ2v) is 6.25. The van der Waals surface area contributed by atoms with E-state index in [2.05, 4.69) is 20.6 Å². The maximum absolute atomic E-state index is 12.3. The number of amides is 2. The van der Waals surface area contributed by atoms with Crippen molar-refractivity contribution in [1.82, 2.24) is 15.3 Å². The molecule has 0 aliphatic heterocycles. The van der Waals surface area contributed by atoms with Gasteiger partial charge in [-0.1, -0.05) is 12.1 Å². The lowest BCUT2D eigenvalue weighted by atomic mass is 10.0. The Bertz CT molecular complexity index is 915. The average Bonchev–Trinajstić information content (AvgIpc) is 2.73. The van der Waals surface area contributed by atoms with E-state index in [0.717, 1.165) is 11.1 Å². The molecule has 1 atom stereocenters. The van der Waals surface area contributed by atoms with Crippen molar-refractivity contribution < 1.29 is 9.59 Å². The van der Waals surface area contributed by atoms with E-state index in [-0.39, 0.29) is 24.3 Å². The van der Waals surface area contributed by atoms with Crippen molar-refractivity contribution in [3.63, 3.8) is 0 Å². The van der Waals surface area contributed by atoms with Crippen LogP contribution in [0.4, 0.5) is 5.69 Å². The molecule has 1 unspecified atom stereocenters. The topological polar surface area (TPSA) is 110 Å². The summed E-state index contributed by atoms with van der Waals surface area (Å²) in [5, 5.41) is 5.63. The Morgan fingerprint density at radius 3 is 2.14 bits per heavy atom. The lowest BCUT2D eigenvalue weighted by molar-refractivity contribution is -0.120. The molecule has 2 aromatic heterocycles. The van der Waals surface area contributed by atoms with Crippen LogP contribution in [0.15, 0.2) is 73.3 Å². The summed E-state index contributed by atoms with van der Waals surface area (Å²) in [6.45, 7) is 0.312. The third-order valence-corrected chi connectivity index (χ3v) is 4.17. The maximum Gasteiger partial charge on any atom is 0.255 e. The fourth-order valence-corrected chi connectivity index (χ4v) is 2.61. The average molecular weight is 375 g/mol. The minimum atomic E-state index is -0.362. The van der Waals surface area contributed by atoms with Gasteiger partial charge in [-0.2, -0.15) is 0 Å². The highest BCUT2D eigenvalue weighted by atomic mass is 16.2. The number of anilines is 1. The molecule has 0 aliphatic rings. The first kappa shape index (κ1) is 19.2. The molecular weight excluding hydrogens is 354 g/mol. The smallest absolute Gasteiger partial charge is 0.255 e. The summed E-state index contributed by atoms with van der Waals surface area (Å²) in [5.41, 5.74) is 9.09. The van der Waals surface area contributed by atoms with Gasteiger partial charge in [0.25, 0.3) is 5.91 Å².